The van der Waals surface area contributed by atoms with Crippen LogP contribution < -0.4 is 5.32 Å². The van der Waals surface area contributed by atoms with Crippen LogP contribution in [-0.4, -0.2) is 16.8 Å². The minimum absolute atomic E-state index is 0.117. The van der Waals surface area contributed by atoms with Gasteiger partial charge in [-0.05, 0) is 23.9 Å². The van der Waals surface area contributed by atoms with Gasteiger partial charge in [-0.2, -0.15) is 0 Å². The predicted octanol–water partition coefficient (Wildman–Crippen LogP) is 2.92. The Morgan fingerprint density at radius 2 is 1.95 bits per heavy atom. The normalized spacial score (nSPS) is 18.0. The first-order valence-electron chi connectivity index (χ1n) is 6.46. The van der Waals surface area contributed by atoms with Gasteiger partial charge in [-0.25, -0.2) is 0 Å². The van der Waals surface area contributed by atoms with Crippen LogP contribution in [0, 0.1) is 6.92 Å². The second-order valence-corrected chi connectivity index (χ2v) is 5.83. The first kappa shape index (κ1) is 13.6. The van der Waals surface area contributed by atoms with Crippen LogP contribution in [-0.2, 0) is 4.79 Å². The lowest BCUT2D eigenvalue weighted by atomic mass is 9.96. The topological polar surface area (TPSA) is 66.4 Å². The van der Waals surface area contributed by atoms with E-state index in [2.05, 4.69) is 5.32 Å². The van der Waals surface area contributed by atoms with E-state index in [1.54, 1.807) is 17.5 Å². The third-order valence-corrected chi connectivity index (χ3v) is 4.30. The minimum Gasteiger partial charge on any atom is -0.503 e. The molecule has 2 aromatic rings. The number of Topliss-reactive ketones (excluding diaryl/α,β-unsaturated/α-hetero) is 1. The summed E-state index contributed by atoms with van der Waals surface area (Å²) in [6.07, 6.45) is 0. The summed E-state index contributed by atoms with van der Waals surface area (Å²) in [6, 6.07) is 10.4. The first-order chi connectivity index (χ1) is 10.1. The molecule has 0 unspecified atom stereocenters. The van der Waals surface area contributed by atoms with E-state index in [0.29, 0.717) is 4.88 Å². The zero-order chi connectivity index (χ0) is 15.0. The number of carbonyl (C=O) groups is 2. The number of benzene rings is 1. The average Bonchev–Trinajstić information content (AvgIpc) is 3.09. The van der Waals surface area contributed by atoms with Crippen LogP contribution in [0.25, 0.3) is 0 Å². The number of carbonyl (C=O) groups excluding carboxylic acids is 2. The molecule has 5 heteroatoms. The molecule has 0 fully saturated rings. The quantitative estimate of drug-likeness (QED) is 0.856. The number of ketones is 1. The van der Waals surface area contributed by atoms with Crippen molar-refractivity contribution in [2.24, 2.45) is 0 Å². The monoisotopic (exact) mass is 299 g/mol. The molecule has 4 nitrogen and oxygen atoms in total. The molecule has 1 aliphatic rings. The van der Waals surface area contributed by atoms with Crippen molar-refractivity contribution in [1.29, 1.82) is 0 Å². The standard InChI is InChI=1S/C16H13NO3S/c1-9-4-6-10(7-5-9)13-12(15(19)16(20)17-13)14(18)11-3-2-8-21-11/h2-8,13,19H,1H3,(H,17,20)/t13-/m0/s1. The van der Waals surface area contributed by atoms with Crippen molar-refractivity contribution in [2.75, 3.05) is 0 Å². The third-order valence-electron chi connectivity index (χ3n) is 3.43. The molecule has 1 atom stereocenters. The zero-order valence-corrected chi connectivity index (χ0v) is 12.1. The van der Waals surface area contributed by atoms with Gasteiger partial charge < -0.3 is 10.4 Å². The number of amides is 1. The Balaban J connectivity index is 2.03. The van der Waals surface area contributed by atoms with Gasteiger partial charge in [-0.3, -0.25) is 9.59 Å². The molecule has 0 bridgehead atoms. The number of hydrogen-bond acceptors (Lipinski definition) is 4. The number of aryl methyl sites for hydroxylation is 1. The van der Waals surface area contributed by atoms with Crippen LogP contribution in [0.15, 0.2) is 53.1 Å². The molecular weight excluding hydrogens is 286 g/mol. The fraction of sp³-hybridized carbons (Fsp3) is 0.125. The van der Waals surface area contributed by atoms with Crippen molar-refractivity contribution in [1.82, 2.24) is 5.32 Å². The second-order valence-electron chi connectivity index (χ2n) is 4.89. The summed E-state index contributed by atoms with van der Waals surface area (Å²) >= 11 is 1.29. The van der Waals surface area contributed by atoms with E-state index in [9.17, 15) is 14.7 Å². The zero-order valence-electron chi connectivity index (χ0n) is 11.3. The molecule has 2 N–H and O–H groups in total. The van der Waals surface area contributed by atoms with Gasteiger partial charge in [-0.15, -0.1) is 11.3 Å². The molecule has 1 aromatic heterocycles. The highest BCUT2D eigenvalue weighted by Gasteiger charge is 2.37. The maximum Gasteiger partial charge on any atom is 0.287 e. The highest BCUT2D eigenvalue weighted by Crippen LogP contribution is 2.32. The fourth-order valence-corrected chi connectivity index (χ4v) is 3.00. The summed E-state index contributed by atoms with van der Waals surface area (Å²) in [6.45, 7) is 1.96. The Labute approximate surface area is 125 Å². The molecule has 0 saturated carbocycles. The Morgan fingerprint density at radius 3 is 2.57 bits per heavy atom. The summed E-state index contributed by atoms with van der Waals surface area (Å²) in [5, 5.41) is 14.4. The molecule has 1 aliphatic heterocycles. The molecule has 1 aromatic carbocycles. The summed E-state index contributed by atoms with van der Waals surface area (Å²) < 4.78 is 0. The Morgan fingerprint density at radius 1 is 1.24 bits per heavy atom. The highest BCUT2D eigenvalue weighted by atomic mass is 32.1. The molecule has 21 heavy (non-hydrogen) atoms. The van der Waals surface area contributed by atoms with E-state index < -0.39 is 17.7 Å². The Kier molecular flexibility index (Phi) is 3.35. The number of aliphatic hydroxyl groups excluding tert-OH is 1. The highest BCUT2D eigenvalue weighted by molar-refractivity contribution is 7.12. The molecule has 3 rings (SSSR count). The van der Waals surface area contributed by atoms with Gasteiger partial charge >= 0.3 is 0 Å². The van der Waals surface area contributed by atoms with Crippen molar-refractivity contribution in [3.63, 3.8) is 0 Å². The Bertz CT molecular complexity index is 729. The van der Waals surface area contributed by atoms with Crippen LogP contribution in [0.4, 0.5) is 0 Å². The van der Waals surface area contributed by atoms with E-state index in [4.69, 9.17) is 0 Å². The Hall–Kier alpha value is -2.40. The fourth-order valence-electron chi connectivity index (χ4n) is 2.32. The van der Waals surface area contributed by atoms with Crippen LogP contribution >= 0.6 is 11.3 Å². The molecular formula is C16H13NO3S. The number of thiophene rings is 1. The molecule has 0 saturated heterocycles. The van der Waals surface area contributed by atoms with E-state index in [-0.39, 0.29) is 11.4 Å². The molecule has 0 spiro atoms. The molecule has 2 heterocycles. The summed E-state index contributed by atoms with van der Waals surface area (Å²) in [4.78, 5) is 24.8. The van der Waals surface area contributed by atoms with Gasteiger partial charge in [0.25, 0.3) is 5.91 Å². The van der Waals surface area contributed by atoms with Gasteiger partial charge in [0.1, 0.15) is 0 Å². The lowest BCUT2D eigenvalue weighted by Gasteiger charge is -2.14. The van der Waals surface area contributed by atoms with Gasteiger partial charge in [-0.1, -0.05) is 35.9 Å². The summed E-state index contributed by atoms with van der Waals surface area (Å²) in [7, 11) is 0. The van der Waals surface area contributed by atoms with E-state index >= 15 is 0 Å². The van der Waals surface area contributed by atoms with Crippen molar-refractivity contribution >= 4 is 23.0 Å². The molecule has 1 amide bonds. The maximum absolute atomic E-state index is 12.5. The molecule has 106 valence electrons. The first-order valence-corrected chi connectivity index (χ1v) is 7.34. The van der Waals surface area contributed by atoms with Crippen LogP contribution in [0.2, 0.25) is 0 Å². The number of rotatable bonds is 3. The average molecular weight is 299 g/mol. The van der Waals surface area contributed by atoms with Gasteiger partial charge in [0.2, 0.25) is 5.78 Å². The van der Waals surface area contributed by atoms with E-state index in [1.165, 1.54) is 11.3 Å². The lowest BCUT2D eigenvalue weighted by molar-refractivity contribution is -0.119. The number of hydrogen-bond donors (Lipinski definition) is 2. The van der Waals surface area contributed by atoms with E-state index in [1.807, 2.05) is 31.2 Å². The summed E-state index contributed by atoms with van der Waals surface area (Å²) in [5.74, 6) is -1.41. The van der Waals surface area contributed by atoms with Crippen LogP contribution in [0.1, 0.15) is 26.8 Å². The predicted molar refractivity (Wildman–Crippen MR) is 80.4 cm³/mol. The maximum atomic E-state index is 12.5. The van der Waals surface area contributed by atoms with Gasteiger partial charge in [0.05, 0.1) is 16.5 Å². The van der Waals surface area contributed by atoms with Crippen molar-refractivity contribution < 1.29 is 14.7 Å². The van der Waals surface area contributed by atoms with Crippen molar-refractivity contribution in [3.8, 4) is 0 Å². The minimum atomic E-state index is -0.611. The largest absolute Gasteiger partial charge is 0.503 e. The molecule has 0 radical (unpaired) electrons. The van der Waals surface area contributed by atoms with Gasteiger partial charge in [0, 0.05) is 0 Å². The third kappa shape index (κ3) is 2.36. The number of aliphatic hydroxyl groups is 1. The number of nitrogens with one attached hydrogen (secondary N) is 1. The second kappa shape index (κ2) is 5.18. The van der Waals surface area contributed by atoms with E-state index in [0.717, 1.165) is 11.1 Å². The smallest absolute Gasteiger partial charge is 0.287 e. The molecule has 0 aliphatic carbocycles. The van der Waals surface area contributed by atoms with Crippen molar-refractivity contribution in [2.45, 2.75) is 13.0 Å². The van der Waals surface area contributed by atoms with Crippen LogP contribution in [0.3, 0.4) is 0 Å². The lowest BCUT2D eigenvalue weighted by Crippen LogP contribution is -2.23. The van der Waals surface area contributed by atoms with Crippen LogP contribution in [0.5, 0.6) is 0 Å². The summed E-state index contributed by atoms with van der Waals surface area (Å²) in [5.41, 5.74) is 1.98. The SMILES string of the molecule is Cc1ccc([C@@H]2NC(=O)C(O)=C2C(=O)c2cccs2)cc1. The van der Waals surface area contributed by atoms with Gasteiger partial charge in [0.15, 0.2) is 5.76 Å². The van der Waals surface area contributed by atoms with Crippen molar-refractivity contribution in [3.05, 3.63) is 69.1 Å².